The summed E-state index contributed by atoms with van der Waals surface area (Å²) in [6, 6.07) is 17.9. The van der Waals surface area contributed by atoms with E-state index >= 15 is 0 Å². The highest BCUT2D eigenvalue weighted by atomic mass is 32.2. The number of nitrogens with zero attached hydrogens (tertiary/aromatic N) is 1. The van der Waals surface area contributed by atoms with E-state index in [1.54, 1.807) is 25.1 Å². The summed E-state index contributed by atoms with van der Waals surface area (Å²) in [6.07, 6.45) is 0.832. The van der Waals surface area contributed by atoms with E-state index in [0.29, 0.717) is 23.4 Å². The fourth-order valence-electron chi connectivity index (χ4n) is 4.04. The first-order chi connectivity index (χ1) is 15.6. The molecule has 4 rings (SSSR count). The molecule has 0 spiro atoms. The maximum Gasteiger partial charge on any atom is 0.279 e. The molecule has 0 radical (unpaired) electrons. The maximum absolute atomic E-state index is 12.5. The summed E-state index contributed by atoms with van der Waals surface area (Å²) < 4.78 is 31.2. The molecule has 3 aromatic carbocycles. The smallest absolute Gasteiger partial charge is 0.279 e. The van der Waals surface area contributed by atoms with Crippen molar-refractivity contribution in [2.24, 2.45) is 0 Å². The Morgan fingerprint density at radius 3 is 2.48 bits per heavy atom. The van der Waals surface area contributed by atoms with Gasteiger partial charge < -0.3 is 4.74 Å². The molecule has 2 atom stereocenters. The van der Waals surface area contributed by atoms with E-state index in [-0.39, 0.29) is 6.04 Å². The van der Waals surface area contributed by atoms with E-state index in [1.807, 2.05) is 43.3 Å². The van der Waals surface area contributed by atoms with E-state index in [9.17, 15) is 18.0 Å². The number of hydrogen-bond donors (Lipinski definition) is 2. The molecule has 33 heavy (non-hydrogen) atoms. The van der Waals surface area contributed by atoms with Crippen LogP contribution in [0.1, 0.15) is 29.8 Å². The lowest BCUT2D eigenvalue weighted by molar-refractivity contribution is -0.128. The zero-order chi connectivity index (χ0) is 23.8. The number of nitrogens with one attached hydrogen (secondary N) is 2. The van der Waals surface area contributed by atoms with Crippen LogP contribution in [0.2, 0.25) is 0 Å². The first-order valence-corrected chi connectivity index (χ1v) is 12.4. The maximum atomic E-state index is 12.5. The van der Waals surface area contributed by atoms with E-state index in [1.165, 1.54) is 10.4 Å². The summed E-state index contributed by atoms with van der Waals surface area (Å²) in [4.78, 5) is 24.9. The zero-order valence-electron chi connectivity index (χ0n) is 18.5. The number of ether oxygens (including phenoxy) is 1. The van der Waals surface area contributed by atoms with Crippen molar-refractivity contribution in [3.63, 3.8) is 0 Å². The van der Waals surface area contributed by atoms with Gasteiger partial charge in [0.05, 0.1) is 11.9 Å². The van der Waals surface area contributed by atoms with Gasteiger partial charge in [0.1, 0.15) is 5.75 Å². The van der Waals surface area contributed by atoms with E-state index in [0.717, 1.165) is 22.6 Å². The topological polar surface area (TPSA) is 105 Å². The van der Waals surface area contributed by atoms with Crippen LogP contribution in [0, 0.1) is 0 Å². The Hall–Kier alpha value is -3.59. The van der Waals surface area contributed by atoms with Gasteiger partial charge in [0.2, 0.25) is 10.0 Å². The predicted octanol–water partition coefficient (Wildman–Crippen LogP) is 2.78. The number of amides is 2. The summed E-state index contributed by atoms with van der Waals surface area (Å²) in [5, 5.41) is 2.06. The number of carbonyl (C=O) groups is 2. The Morgan fingerprint density at radius 1 is 1.03 bits per heavy atom. The van der Waals surface area contributed by atoms with Gasteiger partial charge in [-0.15, -0.1) is 0 Å². The molecule has 2 amide bonds. The van der Waals surface area contributed by atoms with Crippen LogP contribution in [0.3, 0.4) is 0 Å². The number of anilines is 1. The Kier molecular flexibility index (Phi) is 5.99. The first-order valence-electron chi connectivity index (χ1n) is 10.5. The Bertz CT molecular complexity index is 1340. The lowest BCUT2D eigenvalue weighted by Crippen LogP contribution is -2.47. The highest BCUT2D eigenvalue weighted by Gasteiger charge is 2.32. The average Bonchev–Trinajstić information content (AvgIpc) is 3.12. The molecule has 8 nitrogen and oxygen atoms in total. The van der Waals surface area contributed by atoms with Gasteiger partial charge in [-0.25, -0.2) is 8.42 Å². The minimum Gasteiger partial charge on any atom is -0.481 e. The molecule has 0 aromatic heterocycles. The average molecular weight is 468 g/mol. The molecular formula is C24H25N3O5S. The second kappa shape index (κ2) is 8.74. The van der Waals surface area contributed by atoms with Crippen LogP contribution in [0.25, 0.3) is 10.8 Å². The Balaban J connectivity index is 1.37. The number of benzene rings is 3. The summed E-state index contributed by atoms with van der Waals surface area (Å²) in [6.45, 7) is 3.41. The molecule has 0 saturated heterocycles. The van der Waals surface area contributed by atoms with Crippen LogP contribution < -0.4 is 19.9 Å². The lowest BCUT2D eigenvalue weighted by atomic mass is 10.1. The van der Waals surface area contributed by atoms with Gasteiger partial charge in [0, 0.05) is 11.6 Å². The summed E-state index contributed by atoms with van der Waals surface area (Å²) in [5.41, 5.74) is 6.42. The summed E-state index contributed by atoms with van der Waals surface area (Å²) >= 11 is 0. The second-order valence-corrected chi connectivity index (χ2v) is 10.0. The van der Waals surface area contributed by atoms with E-state index < -0.39 is 27.9 Å². The van der Waals surface area contributed by atoms with Crippen molar-refractivity contribution in [2.75, 3.05) is 10.6 Å². The third-order valence-corrected chi connectivity index (χ3v) is 6.83. The molecule has 0 fully saturated rings. The number of fused-ring (bicyclic) bond motifs is 2. The van der Waals surface area contributed by atoms with Crippen LogP contribution in [0.5, 0.6) is 5.75 Å². The monoisotopic (exact) mass is 467 g/mol. The molecule has 0 saturated carbocycles. The molecule has 2 N–H and O–H groups in total. The van der Waals surface area contributed by atoms with Crippen LogP contribution in [0.15, 0.2) is 60.7 Å². The molecule has 9 heteroatoms. The highest BCUT2D eigenvalue weighted by Crippen LogP contribution is 2.34. The second-order valence-electron chi connectivity index (χ2n) is 8.17. The quantitative estimate of drug-likeness (QED) is 0.562. The van der Waals surface area contributed by atoms with Gasteiger partial charge in [0.15, 0.2) is 6.10 Å². The van der Waals surface area contributed by atoms with Gasteiger partial charge in [-0.1, -0.05) is 30.3 Å². The minimum atomic E-state index is -3.41. The highest BCUT2D eigenvalue weighted by molar-refractivity contribution is 7.92. The molecule has 3 aromatic rings. The lowest BCUT2D eigenvalue weighted by Gasteiger charge is -2.22. The number of hydrogen-bond acceptors (Lipinski definition) is 5. The van der Waals surface area contributed by atoms with Crippen molar-refractivity contribution in [3.8, 4) is 5.75 Å². The SMILES string of the molecule is CC(Oc1ccc2ccccc2c1)C(=O)NNC(=O)c1ccc2c(c1)CC(C)N2S(C)(=O)=O. The molecule has 1 aliphatic rings. The zero-order valence-corrected chi connectivity index (χ0v) is 19.3. The molecule has 0 bridgehead atoms. The van der Waals surface area contributed by atoms with Gasteiger partial charge in [-0.05, 0) is 66.9 Å². The van der Waals surface area contributed by atoms with E-state index in [2.05, 4.69) is 10.9 Å². The first kappa shape index (κ1) is 22.6. The molecule has 172 valence electrons. The summed E-state index contributed by atoms with van der Waals surface area (Å²) in [7, 11) is -3.41. The fourth-order valence-corrected chi connectivity index (χ4v) is 5.30. The largest absolute Gasteiger partial charge is 0.481 e. The predicted molar refractivity (Wildman–Crippen MR) is 127 cm³/mol. The van der Waals surface area contributed by atoms with Crippen LogP contribution in [0.4, 0.5) is 5.69 Å². The van der Waals surface area contributed by atoms with Gasteiger partial charge in [-0.3, -0.25) is 24.7 Å². The van der Waals surface area contributed by atoms with E-state index in [4.69, 9.17) is 4.74 Å². The van der Waals surface area contributed by atoms with Crippen molar-refractivity contribution < 1.29 is 22.7 Å². The van der Waals surface area contributed by atoms with Crippen LogP contribution >= 0.6 is 0 Å². The third kappa shape index (κ3) is 4.78. The van der Waals surface area contributed by atoms with Crippen LogP contribution in [-0.2, 0) is 21.2 Å². The van der Waals surface area contributed by atoms with Crippen molar-refractivity contribution in [3.05, 3.63) is 71.8 Å². The summed E-state index contributed by atoms with van der Waals surface area (Å²) in [5.74, 6) is -0.463. The van der Waals surface area contributed by atoms with Gasteiger partial charge in [-0.2, -0.15) is 0 Å². The van der Waals surface area contributed by atoms with Crippen molar-refractivity contribution in [1.29, 1.82) is 0 Å². The van der Waals surface area contributed by atoms with Gasteiger partial charge in [0.25, 0.3) is 11.8 Å². The third-order valence-electron chi connectivity index (χ3n) is 5.55. The van der Waals surface area contributed by atoms with Crippen molar-refractivity contribution in [2.45, 2.75) is 32.4 Å². The fraction of sp³-hybridized carbons (Fsp3) is 0.250. The molecular weight excluding hydrogens is 442 g/mol. The standard InChI is InChI=1S/C24H25N3O5S/c1-15-12-20-13-19(9-11-22(20)27(15)33(3,30)31)24(29)26-25-23(28)16(2)32-21-10-8-17-6-4-5-7-18(17)14-21/h4-11,13-16H,12H2,1-3H3,(H,25,28)(H,26,29). The molecule has 2 unspecified atom stereocenters. The number of hydrazine groups is 1. The molecule has 0 aliphatic carbocycles. The van der Waals surface area contributed by atoms with Crippen molar-refractivity contribution in [1.82, 2.24) is 10.9 Å². The van der Waals surface area contributed by atoms with Crippen molar-refractivity contribution >= 4 is 38.3 Å². The molecule has 1 heterocycles. The number of sulfonamides is 1. The number of carbonyl (C=O) groups excluding carboxylic acids is 2. The normalized spacial score (nSPS) is 16.2. The Morgan fingerprint density at radius 2 is 1.76 bits per heavy atom. The van der Waals surface area contributed by atoms with Crippen LogP contribution in [-0.4, -0.2) is 38.6 Å². The molecule has 1 aliphatic heterocycles. The minimum absolute atomic E-state index is 0.221. The Labute approximate surface area is 192 Å². The van der Waals surface area contributed by atoms with Gasteiger partial charge >= 0.3 is 0 Å². The number of rotatable bonds is 5.